The predicted molar refractivity (Wildman–Crippen MR) is 94.0 cm³/mol. The van der Waals surface area contributed by atoms with Crippen LogP contribution in [0.25, 0.3) is 11.0 Å². The fourth-order valence-electron chi connectivity index (χ4n) is 3.58. The minimum absolute atomic E-state index is 0.176. The average Bonchev–Trinajstić information content (AvgIpc) is 3.24. The van der Waals surface area contributed by atoms with Gasteiger partial charge in [-0.3, -0.25) is 4.79 Å². The molecule has 1 aliphatic carbocycles. The zero-order chi connectivity index (χ0) is 17.9. The molecule has 2 aromatic rings. The topological polar surface area (TPSA) is 85.2 Å². The molecule has 0 radical (unpaired) electrons. The number of alkyl carbamates (subject to hydrolysis) is 1. The number of benzene rings is 1. The predicted octanol–water partition coefficient (Wildman–Crippen LogP) is 2.34. The van der Waals surface area contributed by atoms with Crippen LogP contribution in [0.1, 0.15) is 38.4 Å². The summed E-state index contributed by atoms with van der Waals surface area (Å²) in [6, 6.07) is 7.91. The molecule has 3 rings (SSSR count). The van der Waals surface area contributed by atoms with Gasteiger partial charge in [-0.2, -0.15) is 0 Å². The lowest BCUT2D eigenvalue weighted by Gasteiger charge is -2.28. The van der Waals surface area contributed by atoms with E-state index in [1.807, 2.05) is 24.3 Å². The van der Waals surface area contributed by atoms with Crippen molar-refractivity contribution in [3.05, 3.63) is 30.1 Å². The van der Waals surface area contributed by atoms with Gasteiger partial charge in [0, 0.05) is 6.54 Å². The van der Waals surface area contributed by atoms with E-state index in [9.17, 15) is 9.59 Å². The van der Waals surface area contributed by atoms with Gasteiger partial charge in [0.25, 0.3) is 0 Å². The Hall–Kier alpha value is -2.57. The monoisotopic (exact) mass is 344 g/mol. The van der Waals surface area contributed by atoms with E-state index in [0.29, 0.717) is 19.4 Å². The number of nitrogens with one attached hydrogen (secondary N) is 2. The number of hydrogen-bond donors (Lipinski definition) is 2. The largest absolute Gasteiger partial charge is 0.453 e. The Balaban J connectivity index is 1.76. The molecular weight excluding hydrogens is 320 g/mol. The molecule has 1 saturated carbocycles. The van der Waals surface area contributed by atoms with E-state index in [-0.39, 0.29) is 5.91 Å². The third-order valence-corrected chi connectivity index (χ3v) is 4.88. The molecular formula is C18H24N4O3. The van der Waals surface area contributed by atoms with Gasteiger partial charge in [0.05, 0.1) is 24.7 Å². The zero-order valence-corrected chi connectivity index (χ0v) is 14.7. The molecule has 1 aromatic carbocycles. The van der Waals surface area contributed by atoms with Gasteiger partial charge in [-0.25, -0.2) is 9.78 Å². The smallest absolute Gasteiger partial charge is 0.407 e. The number of carbonyl (C=O) groups excluding carboxylic acids is 2. The quantitative estimate of drug-likeness (QED) is 0.872. The van der Waals surface area contributed by atoms with Gasteiger partial charge in [-0.15, -0.1) is 0 Å². The highest BCUT2D eigenvalue weighted by atomic mass is 16.5. The lowest BCUT2D eigenvalue weighted by molar-refractivity contribution is -0.127. The summed E-state index contributed by atoms with van der Waals surface area (Å²) < 4.78 is 6.77. The van der Waals surface area contributed by atoms with E-state index in [2.05, 4.69) is 31.8 Å². The Kier molecular flexibility index (Phi) is 4.92. The van der Waals surface area contributed by atoms with E-state index >= 15 is 0 Å². The number of carbonyl (C=O) groups is 2. The van der Waals surface area contributed by atoms with Crippen LogP contribution in [0.5, 0.6) is 0 Å². The van der Waals surface area contributed by atoms with Crippen LogP contribution < -0.4 is 10.6 Å². The number of fused-ring (bicyclic) bond motifs is 1. The second-order valence-electron chi connectivity index (χ2n) is 6.35. The molecule has 0 atom stereocenters. The standard InChI is InChI=1S/C18H24N4O3/c1-3-22-14-9-5-4-8-13(14)20-15(22)12-19-16(23)18(10-6-7-11-18)21-17(24)25-2/h4-5,8-9H,3,6-7,10-12H2,1-2H3,(H,19,23)(H,21,24). The molecule has 1 fully saturated rings. The number of amides is 2. The summed E-state index contributed by atoms with van der Waals surface area (Å²) in [7, 11) is 1.31. The minimum atomic E-state index is -0.879. The molecule has 134 valence electrons. The van der Waals surface area contributed by atoms with Crippen molar-refractivity contribution in [3.8, 4) is 0 Å². The first-order valence-electron chi connectivity index (χ1n) is 8.68. The molecule has 2 amide bonds. The maximum absolute atomic E-state index is 12.8. The number of imidazole rings is 1. The fourth-order valence-corrected chi connectivity index (χ4v) is 3.58. The summed E-state index contributed by atoms with van der Waals surface area (Å²) in [6.45, 7) is 3.15. The Labute approximate surface area is 146 Å². The molecule has 25 heavy (non-hydrogen) atoms. The molecule has 7 heteroatoms. The Morgan fingerprint density at radius 1 is 1.28 bits per heavy atom. The molecule has 0 aliphatic heterocycles. The molecule has 0 saturated heterocycles. The lowest BCUT2D eigenvalue weighted by atomic mass is 9.96. The molecule has 0 spiro atoms. The van der Waals surface area contributed by atoms with E-state index < -0.39 is 11.6 Å². The van der Waals surface area contributed by atoms with Crippen molar-refractivity contribution < 1.29 is 14.3 Å². The summed E-state index contributed by atoms with van der Waals surface area (Å²) >= 11 is 0. The first-order valence-corrected chi connectivity index (χ1v) is 8.68. The van der Waals surface area contributed by atoms with E-state index in [4.69, 9.17) is 0 Å². The summed E-state index contributed by atoms with van der Waals surface area (Å²) in [6.07, 6.45) is 2.49. The van der Waals surface area contributed by atoms with Crippen molar-refractivity contribution in [1.82, 2.24) is 20.2 Å². The number of aryl methyl sites for hydroxylation is 1. The van der Waals surface area contributed by atoms with Crippen molar-refractivity contribution in [2.24, 2.45) is 0 Å². The second-order valence-corrected chi connectivity index (χ2v) is 6.35. The number of aromatic nitrogens is 2. The minimum Gasteiger partial charge on any atom is -0.453 e. The summed E-state index contributed by atoms with van der Waals surface area (Å²) in [5.74, 6) is 0.633. The van der Waals surface area contributed by atoms with Crippen LogP contribution in [0, 0.1) is 0 Å². The lowest BCUT2D eigenvalue weighted by Crippen LogP contribution is -2.57. The second kappa shape index (κ2) is 7.13. The van der Waals surface area contributed by atoms with Gasteiger partial charge in [0.2, 0.25) is 5.91 Å². The highest BCUT2D eigenvalue weighted by Crippen LogP contribution is 2.30. The zero-order valence-electron chi connectivity index (χ0n) is 14.7. The summed E-state index contributed by atoms with van der Waals surface area (Å²) in [4.78, 5) is 29.0. The first kappa shape index (κ1) is 17.3. The molecule has 0 bridgehead atoms. The number of rotatable bonds is 5. The summed E-state index contributed by atoms with van der Waals surface area (Å²) in [5, 5.41) is 5.69. The van der Waals surface area contributed by atoms with Gasteiger partial charge < -0.3 is 19.9 Å². The van der Waals surface area contributed by atoms with Crippen LogP contribution in [-0.2, 0) is 22.6 Å². The van der Waals surface area contributed by atoms with Crippen molar-refractivity contribution in [2.75, 3.05) is 7.11 Å². The third-order valence-electron chi connectivity index (χ3n) is 4.88. The molecule has 7 nitrogen and oxygen atoms in total. The number of nitrogens with zero attached hydrogens (tertiary/aromatic N) is 2. The van der Waals surface area contributed by atoms with Gasteiger partial charge >= 0.3 is 6.09 Å². The van der Waals surface area contributed by atoms with Crippen LogP contribution in [0.15, 0.2) is 24.3 Å². The van der Waals surface area contributed by atoms with Crippen molar-refractivity contribution in [3.63, 3.8) is 0 Å². The number of ether oxygens (including phenoxy) is 1. The SMILES string of the molecule is CCn1c(CNC(=O)C2(NC(=O)OC)CCCC2)nc2ccccc21. The highest BCUT2D eigenvalue weighted by molar-refractivity contribution is 5.90. The van der Waals surface area contributed by atoms with Gasteiger partial charge in [0.1, 0.15) is 11.4 Å². The first-order chi connectivity index (χ1) is 12.1. The van der Waals surface area contributed by atoms with Gasteiger partial charge in [-0.1, -0.05) is 25.0 Å². The van der Waals surface area contributed by atoms with Crippen molar-refractivity contribution in [1.29, 1.82) is 0 Å². The Morgan fingerprint density at radius 3 is 2.68 bits per heavy atom. The van der Waals surface area contributed by atoms with E-state index in [1.54, 1.807) is 0 Å². The normalized spacial score (nSPS) is 15.9. The van der Waals surface area contributed by atoms with Gasteiger partial charge in [0.15, 0.2) is 0 Å². The molecule has 1 aliphatic rings. The van der Waals surface area contributed by atoms with E-state index in [1.165, 1.54) is 7.11 Å². The molecule has 0 unspecified atom stereocenters. The fraction of sp³-hybridized carbons (Fsp3) is 0.500. The van der Waals surface area contributed by atoms with Crippen molar-refractivity contribution >= 4 is 23.0 Å². The van der Waals surface area contributed by atoms with Crippen LogP contribution in [0.3, 0.4) is 0 Å². The van der Waals surface area contributed by atoms with E-state index in [0.717, 1.165) is 36.2 Å². The van der Waals surface area contributed by atoms with Crippen LogP contribution in [0.4, 0.5) is 4.79 Å². The van der Waals surface area contributed by atoms with Crippen molar-refractivity contribution in [2.45, 2.75) is 51.2 Å². The number of hydrogen-bond acceptors (Lipinski definition) is 4. The van der Waals surface area contributed by atoms with Gasteiger partial charge in [-0.05, 0) is 31.9 Å². The maximum atomic E-state index is 12.8. The van der Waals surface area contributed by atoms with Crippen LogP contribution in [0.2, 0.25) is 0 Å². The van der Waals surface area contributed by atoms with Crippen LogP contribution in [-0.4, -0.2) is 34.2 Å². The summed E-state index contributed by atoms with van der Waals surface area (Å²) in [5.41, 5.74) is 1.09. The third kappa shape index (κ3) is 3.31. The average molecular weight is 344 g/mol. The number of methoxy groups -OCH3 is 1. The molecule has 1 heterocycles. The molecule has 1 aromatic heterocycles. The Morgan fingerprint density at radius 2 is 2.00 bits per heavy atom. The Bertz CT molecular complexity index is 778. The maximum Gasteiger partial charge on any atom is 0.407 e. The highest BCUT2D eigenvalue weighted by Gasteiger charge is 2.42. The van der Waals surface area contributed by atoms with Crippen LogP contribution >= 0.6 is 0 Å². The molecule has 2 N–H and O–H groups in total. The number of para-hydroxylation sites is 2.